The monoisotopic (exact) mass is 354 g/mol. The standard InChI is InChI=1S/C17H17F3N2O3/c1-21(15(23)9-11-22-10-5-4-8-16(22)24)12-13-6-2-3-7-14(13)25-17(18,19)20/h2-8,10H,9,11-12H2,1H3. The summed E-state index contributed by atoms with van der Waals surface area (Å²) in [7, 11) is 1.49. The van der Waals surface area contributed by atoms with Crippen LogP contribution >= 0.6 is 0 Å². The third kappa shape index (κ3) is 5.66. The molecule has 2 aromatic rings. The number of halogens is 3. The van der Waals surface area contributed by atoms with E-state index in [-0.39, 0.29) is 42.3 Å². The lowest BCUT2D eigenvalue weighted by molar-refractivity contribution is -0.275. The van der Waals surface area contributed by atoms with Crippen molar-refractivity contribution in [1.29, 1.82) is 0 Å². The topological polar surface area (TPSA) is 51.5 Å². The second-order valence-electron chi connectivity index (χ2n) is 5.39. The number of para-hydroxylation sites is 1. The van der Waals surface area contributed by atoms with Crippen molar-refractivity contribution in [3.05, 3.63) is 64.6 Å². The summed E-state index contributed by atoms with van der Waals surface area (Å²) in [5.74, 6) is -0.633. The molecule has 0 aliphatic rings. The summed E-state index contributed by atoms with van der Waals surface area (Å²) in [6.45, 7) is 0.165. The first-order chi connectivity index (χ1) is 11.8. The van der Waals surface area contributed by atoms with Gasteiger partial charge in [-0.2, -0.15) is 0 Å². The second-order valence-corrected chi connectivity index (χ2v) is 5.39. The zero-order valence-electron chi connectivity index (χ0n) is 13.5. The average Bonchev–Trinajstić information content (AvgIpc) is 2.54. The maximum Gasteiger partial charge on any atom is 0.573 e. The maximum absolute atomic E-state index is 12.4. The molecular formula is C17H17F3N2O3. The molecule has 0 atom stereocenters. The molecule has 5 nitrogen and oxygen atoms in total. The van der Waals surface area contributed by atoms with Gasteiger partial charge in [-0.15, -0.1) is 13.2 Å². The molecule has 0 bridgehead atoms. The largest absolute Gasteiger partial charge is 0.573 e. The molecule has 0 saturated carbocycles. The molecule has 1 heterocycles. The fraction of sp³-hybridized carbons (Fsp3) is 0.294. The Balaban J connectivity index is 2.00. The third-order valence-electron chi connectivity index (χ3n) is 3.50. The van der Waals surface area contributed by atoms with E-state index in [0.29, 0.717) is 0 Å². The number of benzene rings is 1. The van der Waals surface area contributed by atoms with Gasteiger partial charge in [-0.3, -0.25) is 9.59 Å². The SMILES string of the molecule is CN(Cc1ccccc1OC(F)(F)F)C(=O)CCn1ccccc1=O. The summed E-state index contributed by atoms with van der Waals surface area (Å²) >= 11 is 0. The lowest BCUT2D eigenvalue weighted by Gasteiger charge is -2.20. The van der Waals surface area contributed by atoms with E-state index in [2.05, 4.69) is 4.74 Å². The molecule has 8 heteroatoms. The molecule has 0 unspecified atom stereocenters. The van der Waals surface area contributed by atoms with Gasteiger partial charge in [0.25, 0.3) is 5.56 Å². The first kappa shape index (κ1) is 18.6. The molecule has 1 aromatic heterocycles. The fourth-order valence-electron chi connectivity index (χ4n) is 2.25. The van der Waals surface area contributed by atoms with E-state index in [1.54, 1.807) is 24.4 Å². The van der Waals surface area contributed by atoms with Crippen molar-refractivity contribution < 1.29 is 22.7 Å². The van der Waals surface area contributed by atoms with Crippen LogP contribution in [0.25, 0.3) is 0 Å². The highest BCUT2D eigenvalue weighted by atomic mass is 19.4. The van der Waals surface area contributed by atoms with Gasteiger partial charge < -0.3 is 14.2 Å². The fourth-order valence-corrected chi connectivity index (χ4v) is 2.25. The van der Waals surface area contributed by atoms with Crippen LogP contribution in [0.15, 0.2) is 53.5 Å². The quantitative estimate of drug-likeness (QED) is 0.802. The lowest BCUT2D eigenvalue weighted by atomic mass is 10.2. The molecule has 0 saturated heterocycles. The minimum atomic E-state index is -4.80. The predicted molar refractivity (Wildman–Crippen MR) is 84.9 cm³/mol. The number of alkyl halides is 3. The molecule has 1 aromatic carbocycles. The van der Waals surface area contributed by atoms with E-state index in [1.165, 1.54) is 40.8 Å². The maximum atomic E-state index is 12.4. The molecule has 25 heavy (non-hydrogen) atoms. The highest BCUT2D eigenvalue weighted by molar-refractivity contribution is 5.75. The van der Waals surface area contributed by atoms with Gasteiger partial charge in [-0.1, -0.05) is 24.3 Å². The van der Waals surface area contributed by atoms with Crippen molar-refractivity contribution in [2.45, 2.75) is 25.9 Å². The van der Waals surface area contributed by atoms with Gasteiger partial charge >= 0.3 is 6.36 Å². The number of amides is 1. The molecule has 1 amide bonds. The van der Waals surface area contributed by atoms with Crippen LogP contribution in [0.1, 0.15) is 12.0 Å². The van der Waals surface area contributed by atoms with Crippen LogP contribution in [0.2, 0.25) is 0 Å². The number of hydrogen-bond acceptors (Lipinski definition) is 3. The van der Waals surface area contributed by atoms with E-state index in [4.69, 9.17) is 0 Å². The predicted octanol–water partition coefficient (Wildman–Crippen LogP) is 2.80. The van der Waals surface area contributed by atoms with Gasteiger partial charge in [0.1, 0.15) is 5.75 Å². The summed E-state index contributed by atoms with van der Waals surface area (Å²) < 4.78 is 42.7. The van der Waals surface area contributed by atoms with E-state index in [0.717, 1.165) is 0 Å². The van der Waals surface area contributed by atoms with Crippen molar-refractivity contribution >= 4 is 5.91 Å². The highest BCUT2D eigenvalue weighted by Crippen LogP contribution is 2.27. The van der Waals surface area contributed by atoms with E-state index < -0.39 is 6.36 Å². The van der Waals surface area contributed by atoms with Gasteiger partial charge in [-0.25, -0.2) is 0 Å². The van der Waals surface area contributed by atoms with Crippen molar-refractivity contribution in [1.82, 2.24) is 9.47 Å². The number of aromatic nitrogens is 1. The van der Waals surface area contributed by atoms with E-state index in [1.807, 2.05) is 0 Å². The lowest BCUT2D eigenvalue weighted by Crippen LogP contribution is -2.29. The Kier molecular flexibility index (Phi) is 5.84. The van der Waals surface area contributed by atoms with Gasteiger partial charge in [0.15, 0.2) is 0 Å². The zero-order chi connectivity index (χ0) is 18.4. The first-order valence-corrected chi connectivity index (χ1v) is 7.49. The number of carbonyl (C=O) groups excluding carboxylic acids is 1. The van der Waals surface area contributed by atoms with Crippen LogP contribution in [0.5, 0.6) is 5.75 Å². The van der Waals surface area contributed by atoms with Crippen molar-refractivity contribution in [3.63, 3.8) is 0 Å². The molecule has 0 spiro atoms. The molecule has 0 N–H and O–H groups in total. The van der Waals surface area contributed by atoms with Gasteiger partial charge in [0, 0.05) is 44.4 Å². The molecule has 2 rings (SSSR count). The summed E-state index contributed by atoms with van der Waals surface area (Å²) in [6, 6.07) is 10.3. The summed E-state index contributed by atoms with van der Waals surface area (Å²) in [4.78, 5) is 25.1. The first-order valence-electron chi connectivity index (χ1n) is 7.49. The van der Waals surface area contributed by atoms with Crippen molar-refractivity contribution in [2.24, 2.45) is 0 Å². The smallest absolute Gasteiger partial charge is 0.405 e. The molecule has 0 aliphatic carbocycles. The number of hydrogen-bond donors (Lipinski definition) is 0. The average molecular weight is 354 g/mol. The van der Waals surface area contributed by atoms with Crippen LogP contribution in [0.4, 0.5) is 13.2 Å². The van der Waals surface area contributed by atoms with Gasteiger partial charge in [0.2, 0.25) is 5.91 Å². The summed E-state index contributed by atoms with van der Waals surface area (Å²) in [5, 5.41) is 0. The van der Waals surface area contributed by atoms with E-state index in [9.17, 15) is 22.8 Å². The van der Waals surface area contributed by atoms with Crippen LogP contribution < -0.4 is 10.3 Å². The number of carbonyl (C=O) groups is 1. The highest BCUT2D eigenvalue weighted by Gasteiger charge is 2.32. The van der Waals surface area contributed by atoms with Gasteiger partial charge in [-0.05, 0) is 12.1 Å². The zero-order valence-corrected chi connectivity index (χ0v) is 13.5. The Hall–Kier alpha value is -2.77. The van der Waals surface area contributed by atoms with Crippen LogP contribution in [0.3, 0.4) is 0 Å². The number of nitrogens with zero attached hydrogens (tertiary/aromatic N) is 2. The Morgan fingerprint density at radius 2 is 1.84 bits per heavy atom. The number of rotatable bonds is 6. The normalized spacial score (nSPS) is 11.2. The van der Waals surface area contributed by atoms with Crippen LogP contribution in [0, 0.1) is 0 Å². The third-order valence-corrected chi connectivity index (χ3v) is 3.50. The summed E-state index contributed by atoms with van der Waals surface area (Å²) in [5.41, 5.74) is 0.0226. The van der Waals surface area contributed by atoms with Crippen LogP contribution in [-0.4, -0.2) is 28.8 Å². The van der Waals surface area contributed by atoms with Crippen LogP contribution in [-0.2, 0) is 17.9 Å². The number of ether oxygens (including phenoxy) is 1. The Morgan fingerprint density at radius 3 is 2.52 bits per heavy atom. The number of aryl methyl sites for hydroxylation is 1. The minimum Gasteiger partial charge on any atom is -0.405 e. The molecule has 0 fully saturated rings. The molecular weight excluding hydrogens is 337 g/mol. The van der Waals surface area contributed by atoms with Crippen molar-refractivity contribution in [2.75, 3.05) is 7.05 Å². The Labute approximate surface area is 142 Å². The molecule has 134 valence electrons. The molecule has 0 radical (unpaired) electrons. The van der Waals surface area contributed by atoms with Crippen molar-refractivity contribution in [3.8, 4) is 5.75 Å². The minimum absolute atomic E-state index is 0.0330. The van der Waals surface area contributed by atoms with E-state index >= 15 is 0 Å². The second kappa shape index (κ2) is 7.87. The Bertz CT molecular complexity index is 787. The summed E-state index contributed by atoms with van der Waals surface area (Å²) in [6.07, 6.45) is -3.17. The Morgan fingerprint density at radius 1 is 1.16 bits per heavy atom. The number of pyridine rings is 1. The molecule has 0 aliphatic heterocycles. The van der Waals surface area contributed by atoms with Gasteiger partial charge in [0.05, 0.1) is 0 Å².